The number of hydrazine groups is 1. The zero-order valence-electron chi connectivity index (χ0n) is 14.6. The van der Waals surface area contributed by atoms with Crippen LogP contribution < -0.4 is 37.5 Å². The predicted octanol–water partition coefficient (Wildman–Crippen LogP) is 0.106. The molecule has 2 aliphatic heterocycles. The fraction of sp³-hybridized carbons (Fsp3) is 0.0500. The van der Waals surface area contributed by atoms with Crippen molar-refractivity contribution in [1.29, 1.82) is 0 Å². The van der Waals surface area contributed by atoms with Gasteiger partial charge in [-0.25, -0.2) is 0 Å². The van der Waals surface area contributed by atoms with Gasteiger partial charge in [0.25, 0.3) is 5.84 Å². The fourth-order valence-electron chi connectivity index (χ4n) is 3.06. The molecule has 0 bridgehead atoms. The molecule has 0 aliphatic carbocycles. The van der Waals surface area contributed by atoms with Gasteiger partial charge in [-0.2, -0.15) is 5.43 Å². The Morgan fingerprint density at radius 2 is 1.61 bits per heavy atom. The number of fused-ring (bicyclic) bond motifs is 1. The van der Waals surface area contributed by atoms with Crippen molar-refractivity contribution in [1.82, 2.24) is 0 Å². The maximum Gasteiger partial charge on any atom is 0.277 e. The van der Waals surface area contributed by atoms with Crippen molar-refractivity contribution in [2.75, 3.05) is 17.0 Å². The highest BCUT2D eigenvalue weighted by Gasteiger charge is 2.32. The van der Waals surface area contributed by atoms with Crippen molar-refractivity contribution in [2.24, 2.45) is 5.10 Å². The molecule has 0 saturated heterocycles. The largest absolute Gasteiger partial charge is 1.00 e. The molecule has 0 amide bonds. The second-order valence-electron chi connectivity index (χ2n) is 6.13. The first-order chi connectivity index (χ1) is 13.3. The molecule has 0 aromatic heterocycles. The Balaban J connectivity index is 0.00000192. The maximum absolute atomic E-state index is 5.52. The number of anilines is 2. The van der Waals surface area contributed by atoms with Crippen LogP contribution in [0.1, 0.15) is 5.56 Å². The molecule has 2 N–H and O–H groups in total. The van der Waals surface area contributed by atoms with Gasteiger partial charge in [0.05, 0.1) is 11.3 Å². The summed E-state index contributed by atoms with van der Waals surface area (Å²) in [4.78, 5) is 0. The first-order valence-electron chi connectivity index (χ1n) is 8.51. The number of halogens is 2. The first kappa shape index (κ1) is 18.9. The van der Waals surface area contributed by atoms with Gasteiger partial charge in [-0.15, -0.1) is 10.2 Å². The number of rotatable bonds is 3. The lowest BCUT2D eigenvalue weighted by molar-refractivity contribution is -0.545. The van der Waals surface area contributed by atoms with Crippen LogP contribution in [0.15, 0.2) is 77.9 Å². The molecule has 0 fully saturated rings. The second-order valence-corrected chi connectivity index (χ2v) is 7.37. The van der Waals surface area contributed by atoms with Crippen LogP contribution in [0.4, 0.5) is 11.4 Å². The number of hydrogen-bond acceptors (Lipinski definition) is 5. The molecule has 2 heterocycles. The third-order valence-electron chi connectivity index (χ3n) is 4.40. The average molecular weight is 507 g/mol. The van der Waals surface area contributed by atoms with Gasteiger partial charge >= 0.3 is 0 Å². The molecule has 3 aromatic carbocycles. The average Bonchev–Trinajstić information content (AvgIpc) is 3.36. The van der Waals surface area contributed by atoms with Crippen LogP contribution in [0.5, 0.6) is 11.5 Å². The summed E-state index contributed by atoms with van der Waals surface area (Å²) in [5.74, 6) is 2.38. The van der Waals surface area contributed by atoms with Gasteiger partial charge in [-0.3, -0.25) is 0 Å². The number of quaternary nitrogens is 1. The third kappa shape index (κ3) is 3.48. The van der Waals surface area contributed by atoms with E-state index in [1.807, 2.05) is 64.2 Å². The Kier molecular flexibility index (Phi) is 5.29. The molecule has 8 heteroatoms. The summed E-state index contributed by atoms with van der Waals surface area (Å²) in [5, 5.41) is 8.81. The van der Waals surface area contributed by atoms with Gasteiger partial charge in [-0.05, 0) is 77.2 Å². The molecule has 5 rings (SSSR count). The minimum atomic E-state index is 0. The molecule has 0 atom stereocenters. The Bertz CT molecular complexity index is 1010. The Morgan fingerprint density at radius 1 is 0.857 bits per heavy atom. The molecule has 0 radical (unpaired) electrons. The molecule has 0 unspecified atom stereocenters. The van der Waals surface area contributed by atoms with Crippen LogP contribution in [-0.2, 0) is 0 Å². The lowest BCUT2D eigenvalue weighted by Gasteiger charge is -2.23. The number of nitrogens with two attached hydrogens (primary N) is 1. The van der Waals surface area contributed by atoms with Crippen molar-refractivity contribution >= 4 is 39.8 Å². The van der Waals surface area contributed by atoms with Crippen LogP contribution in [0.25, 0.3) is 0 Å². The van der Waals surface area contributed by atoms with E-state index in [4.69, 9.17) is 14.6 Å². The van der Waals surface area contributed by atoms with E-state index in [9.17, 15) is 0 Å². The van der Waals surface area contributed by atoms with E-state index in [1.165, 1.54) is 3.57 Å². The van der Waals surface area contributed by atoms with Gasteiger partial charge < -0.3 is 21.9 Å². The normalized spacial score (nSPS) is 14.7. The summed E-state index contributed by atoms with van der Waals surface area (Å²) >= 11 is 2.31. The van der Waals surface area contributed by atoms with Gasteiger partial charge in [0.2, 0.25) is 6.79 Å². The van der Waals surface area contributed by atoms with Crippen molar-refractivity contribution in [3.05, 3.63) is 81.9 Å². The predicted molar refractivity (Wildman–Crippen MR) is 112 cm³/mol. The minimum absolute atomic E-state index is 0. The van der Waals surface area contributed by atoms with Crippen LogP contribution in [0, 0.1) is 3.57 Å². The van der Waals surface area contributed by atoms with Gasteiger partial charge in [-0.1, -0.05) is 23.3 Å². The Hall–Kier alpha value is -2.49. The monoisotopic (exact) mass is 506 g/mol. The van der Waals surface area contributed by atoms with Gasteiger partial charge in [0.15, 0.2) is 11.5 Å². The van der Waals surface area contributed by atoms with E-state index >= 15 is 0 Å². The Morgan fingerprint density at radius 3 is 2.39 bits per heavy atom. The summed E-state index contributed by atoms with van der Waals surface area (Å²) in [6.07, 6.45) is 0. The van der Waals surface area contributed by atoms with Gasteiger partial charge in [0, 0.05) is 3.57 Å². The standard InChI is InChI=1S/C20H15IN4O2.ClH/c21-15-7-9-17(10-8-15)25-23-20(22-24(25)16-4-2-1-3-5-16)14-6-11-18-19(12-14)27-13-26-18;/h1-12H,13H2,(H,22,23);1H. The quantitative estimate of drug-likeness (QED) is 0.405. The smallest absolute Gasteiger partial charge is 0.277 e. The number of hydrazone groups is 1. The summed E-state index contributed by atoms with van der Waals surface area (Å²) in [6.45, 7) is 0.264. The summed E-state index contributed by atoms with van der Waals surface area (Å²) in [5.41, 5.74) is 5.04. The van der Waals surface area contributed by atoms with Crippen molar-refractivity contribution in [2.45, 2.75) is 0 Å². The fourth-order valence-corrected chi connectivity index (χ4v) is 3.42. The lowest BCUT2D eigenvalue weighted by Crippen LogP contribution is -3.00. The zero-order chi connectivity index (χ0) is 18.2. The summed E-state index contributed by atoms with van der Waals surface area (Å²) in [7, 11) is 0. The number of benzene rings is 3. The van der Waals surface area contributed by atoms with Crippen LogP contribution in [-0.4, -0.2) is 12.6 Å². The van der Waals surface area contributed by atoms with E-state index in [1.54, 1.807) is 0 Å². The van der Waals surface area contributed by atoms with Crippen molar-refractivity contribution < 1.29 is 27.3 Å². The van der Waals surface area contributed by atoms with Crippen LogP contribution >= 0.6 is 22.6 Å². The highest BCUT2D eigenvalue weighted by Crippen LogP contribution is 2.33. The number of nitrogens with zero attached hydrogens (tertiary/aromatic N) is 3. The van der Waals surface area contributed by atoms with Crippen LogP contribution in [0.3, 0.4) is 0 Å². The SMILES string of the molecule is Ic1ccc(N2[NH2+]C(c3ccc4c(c3)OCO4)=NN2c2ccccc2)cc1.[Cl-]. The topological polar surface area (TPSA) is 53.9 Å². The molecule has 2 aliphatic rings. The first-order valence-corrected chi connectivity index (χ1v) is 9.59. The molecule has 28 heavy (non-hydrogen) atoms. The van der Waals surface area contributed by atoms with E-state index in [-0.39, 0.29) is 19.2 Å². The molecule has 0 spiro atoms. The maximum atomic E-state index is 5.52. The highest BCUT2D eigenvalue weighted by molar-refractivity contribution is 14.1. The molecule has 6 nitrogen and oxygen atoms in total. The zero-order valence-corrected chi connectivity index (χ0v) is 17.5. The number of amidine groups is 1. The number of para-hydroxylation sites is 1. The summed E-state index contributed by atoms with van der Waals surface area (Å²) < 4.78 is 12.1. The van der Waals surface area contributed by atoms with Crippen molar-refractivity contribution in [3.63, 3.8) is 0 Å². The van der Waals surface area contributed by atoms with E-state index in [0.717, 1.165) is 34.3 Å². The minimum Gasteiger partial charge on any atom is -1.00 e. The van der Waals surface area contributed by atoms with Crippen molar-refractivity contribution in [3.8, 4) is 11.5 Å². The molecular formula is C20H16ClIN4O2. The summed E-state index contributed by atoms with van der Waals surface area (Å²) in [6, 6.07) is 24.4. The lowest BCUT2D eigenvalue weighted by atomic mass is 10.2. The molecule has 0 saturated carbocycles. The Labute approximate surface area is 182 Å². The molecule has 142 valence electrons. The van der Waals surface area contributed by atoms with E-state index in [0.29, 0.717) is 0 Å². The molecular weight excluding hydrogens is 491 g/mol. The van der Waals surface area contributed by atoms with Gasteiger partial charge in [0.1, 0.15) is 5.69 Å². The van der Waals surface area contributed by atoms with E-state index in [2.05, 4.69) is 46.9 Å². The number of hydrogen-bond donors (Lipinski definition) is 1. The number of ether oxygens (including phenoxy) is 2. The van der Waals surface area contributed by atoms with Crippen LogP contribution in [0.2, 0.25) is 0 Å². The second kappa shape index (κ2) is 7.86. The third-order valence-corrected chi connectivity index (χ3v) is 5.12. The molecule has 3 aromatic rings. The van der Waals surface area contributed by atoms with E-state index < -0.39 is 0 Å². The highest BCUT2D eigenvalue weighted by atomic mass is 127.